The van der Waals surface area contributed by atoms with Crippen molar-refractivity contribution in [2.75, 3.05) is 0 Å². The predicted octanol–water partition coefficient (Wildman–Crippen LogP) is 3.23. The quantitative estimate of drug-likeness (QED) is 0.842. The van der Waals surface area contributed by atoms with Crippen LogP contribution in [0.4, 0.5) is 0 Å². The summed E-state index contributed by atoms with van der Waals surface area (Å²) >= 11 is 6.09. The van der Waals surface area contributed by atoms with Gasteiger partial charge in [0.05, 0.1) is 10.5 Å². The van der Waals surface area contributed by atoms with Gasteiger partial charge in [0.15, 0.2) is 0 Å². The lowest BCUT2D eigenvalue weighted by Gasteiger charge is -2.12. The van der Waals surface area contributed by atoms with Crippen molar-refractivity contribution in [3.8, 4) is 0 Å². The van der Waals surface area contributed by atoms with Gasteiger partial charge in [-0.15, -0.1) is 0 Å². The zero-order valence-electron chi connectivity index (χ0n) is 9.37. The second-order valence-electron chi connectivity index (χ2n) is 4.57. The molecule has 1 aliphatic carbocycles. The first-order chi connectivity index (χ1) is 8.25. The Labute approximate surface area is 104 Å². The van der Waals surface area contributed by atoms with Gasteiger partial charge in [-0.25, -0.2) is 4.79 Å². The first-order valence-electron chi connectivity index (χ1n) is 5.94. The van der Waals surface area contributed by atoms with Crippen molar-refractivity contribution in [1.82, 2.24) is 9.97 Å². The smallest absolute Gasteiger partial charge is 0.309 e. The van der Waals surface area contributed by atoms with E-state index in [1.807, 2.05) is 12.1 Å². The summed E-state index contributed by atoms with van der Waals surface area (Å²) in [6, 6.07) is 5.66. The van der Waals surface area contributed by atoms with Crippen molar-refractivity contribution in [2.24, 2.45) is 0 Å². The molecule has 3 rings (SSSR count). The molecule has 2 aromatic rings. The van der Waals surface area contributed by atoms with E-state index in [0.717, 1.165) is 23.9 Å². The first-order valence-corrected chi connectivity index (χ1v) is 6.32. The average molecular weight is 249 g/mol. The van der Waals surface area contributed by atoms with Crippen molar-refractivity contribution >= 4 is 22.5 Å². The Morgan fingerprint density at radius 2 is 2.06 bits per heavy atom. The van der Waals surface area contributed by atoms with Crippen molar-refractivity contribution in [3.05, 3.63) is 39.4 Å². The van der Waals surface area contributed by atoms with Crippen LogP contribution in [-0.4, -0.2) is 9.97 Å². The highest BCUT2D eigenvalue weighted by atomic mass is 35.5. The molecule has 1 heterocycles. The van der Waals surface area contributed by atoms with Crippen LogP contribution in [0.15, 0.2) is 23.0 Å². The summed E-state index contributed by atoms with van der Waals surface area (Å²) in [5.74, 6) is 0.451. The lowest BCUT2D eigenvalue weighted by Crippen LogP contribution is -2.15. The van der Waals surface area contributed by atoms with Crippen molar-refractivity contribution in [1.29, 1.82) is 0 Å². The number of rotatable bonds is 1. The van der Waals surface area contributed by atoms with Crippen LogP contribution in [0.2, 0.25) is 5.02 Å². The molecular weight excluding hydrogens is 236 g/mol. The summed E-state index contributed by atoms with van der Waals surface area (Å²) < 4.78 is 0. The predicted molar refractivity (Wildman–Crippen MR) is 68.6 cm³/mol. The van der Waals surface area contributed by atoms with Gasteiger partial charge in [0.25, 0.3) is 0 Å². The zero-order valence-corrected chi connectivity index (χ0v) is 10.1. The highest BCUT2D eigenvalue weighted by Gasteiger charge is 2.21. The van der Waals surface area contributed by atoms with Crippen LogP contribution in [0.5, 0.6) is 0 Å². The molecule has 1 saturated carbocycles. The largest absolute Gasteiger partial charge is 0.345 e. The van der Waals surface area contributed by atoms with E-state index in [1.54, 1.807) is 6.07 Å². The van der Waals surface area contributed by atoms with E-state index in [2.05, 4.69) is 9.97 Å². The molecule has 17 heavy (non-hydrogen) atoms. The Morgan fingerprint density at radius 3 is 2.82 bits per heavy atom. The number of para-hydroxylation sites is 1. The van der Waals surface area contributed by atoms with Gasteiger partial charge in [0.1, 0.15) is 0 Å². The summed E-state index contributed by atoms with van der Waals surface area (Å²) in [5.41, 5.74) is 1.34. The molecule has 1 fully saturated rings. The van der Waals surface area contributed by atoms with Gasteiger partial charge >= 0.3 is 5.69 Å². The maximum atomic E-state index is 11.6. The molecule has 0 bridgehead atoms. The number of fused-ring (bicyclic) bond motifs is 1. The summed E-state index contributed by atoms with van der Waals surface area (Å²) in [5, 5.41) is 1.54. The number of hydrogen-bond donors (Lipinski definition) is 1. The SMILES string of the molecule is O=c1nc2c(Cl)cccc2c(C2CCCC2)[nH]1. The summed E-state index contributed by atoms with van der Waals surface area (Å²) in [6.07, 6.45) is 4.75. The number of halogens is 1. The highest BCUT2D eigenvalue weighted by Crippen LogP contribution is 2.36. The normalized spacial score (nSPS) is 16.8. The minimum Gasteiger partial charge on any atom is -0.309 e. The average Bonchev–Trinajstić information content (AvgIpc) is 2.83. The van der Waals surface area contributed by atoms with Crippen LogP contribution < -0.4 is 5.69 Å². The fraction of sp³-hybridized carbons (Fsp3) is 0.385. The standard InChI is InChI=1S/C13H13ClN2O/c14-10-7-3-6-9-11(8-4-1-2-5-8)15-13(17)16-12(9)10/h3,6-8H,1-2,4-5H2,(H,15,16,17). The molecule has 1 N–H and O–H groups in total. The van der Waals surface area contributed by atoms with E-state index < -0.39 is 0 Å². The van der Waals surface area contributed by atoms with E-state index in [1.165, 1.54) is 12.8 Å². The van der Waals surface area contributed by atoms with E-state index >= 15 is 0 Å². The number of nitrogens with zero attached hydrogens (tertiary/aromatic N) is 1. The molecule has 0 radical (unpaired) electrons. The Bertz CT molecular complexity index is 614. The molecule has 4 heteroatoms. The van der Waals surface area contributed by atoms with Gasteiger partial charge < -0.3 is 4.98 Å². The van der Waals surface area contributed by atoms with Crippen LogP contribution >= 0.6 is 11.6 Å². The second kappa shape index (κ2) is 4.15. The molecule has 1 aromatic heterocycles. The Balaban J connectivity index is 2.29. The molecular formula is C13H13ClN2O. The minimum atomic E-state index is -0.299. The van der Waals surface area contributed by atoms with Gasteiger partial charge in [0, 0.05) is 11.1 Å². The summed E-state index contributed by atoms with van der Waals surface area (Å²) in [6.45, 7) is 0. The highest BCUT2D eigenvalue weighted by molar-refractivity contribution is 6.35. The van der Waals surface area contributed by atoms with Crippen molar-refractivity contribution < 1.29 is 0 Å². The molecule has 0 unspecified atom stereocenters. The number of benzene rings is 1. The number of aromatic nitrogens is 2. The molecule has 0 saturated heterocycles. The summed E-state index contributed by atoms with van der Waals surface area (Å²) in [7, 11) is 0. The van der Waals surface area contributed by atoms with Crippen molar-refractivity contribution in [3.63, 3.8) is 0 Å². The minimum absolute atomic E-state index is 0.299. The molecule has 0 spiro atoms. The molecule has 0 amide bonds. The third-order valence-corrected chi connectivity index (χ3v) is 3.80. The van der Waals surface area contributed by atoms with Gasteiger partial charge in [-0.3, -0.25) is 0 Å². The molecule has 0 atom stereocenters. The van der Waals surface area contributed by atoms with Crippen LogP contribution in [0.3, 0.4) is 0 Å². The topological polar surface area (TPSA) is 45.8 Å². The van der Waals surface area contributed by atoms with Gasteiger partial charge in [-0.05, 0) is 24.8 Å². The zero-order chi connectivity index (χ0) is 11.8. The monoisotopic (exact) mass is 248 g/mol. The Morgan fingerprint density at radius 1 is 1.29 bits per heavy atom. The van der Waals surface area contributed by atoms with E-state index in [4.69, 9.17) is 11.6 Å². The van der Waals surface area contributed by atoms with Crippen LogP contribution in [0.1, 0.15) is 37.3 Å². The van der Waals surface area contributed by atoms with E-state index in [-0.39, 0.29) is 5.69 Å². The number of H-pyrrole nitrogens is 1. The van der Waals surface area contributed by atoms with Gasteiger partial charge in [0.2, 0.25) is 0 Å². The number of nitrogens with one attached hydrogen (secondary N) is 1. The Hall–Kier alpha value is -1.35. The van der Waals surface area contributed by atoms with Crippen LogP contribution in [-0.2, 0) is 0 Å². The van der Waals surface area contributed by atoms with Gasteiger partial charge in [-0.2, -0.15) is 4.98 Å². The lowest BCUT2D eigenvalue weighted by molar-refractivity contribution is 0.698. The molecule has 3 nitrogen and oxygen atoms in total. The molecule has 1 aliphatic rings. The first kappa shape index (κ1) is 10.8. The molecule has 88 valence electrons. The molecule has 0 aliphatic heterocycles. The second-order valence-corrected chi connectivity index (χ2v) is 4.98. The van der Waals surface area contributed by atoms with Crippen LogP contribution in [0, 0.1) is 0 Å². The van der Waals surface area contributed by atoms with Crippen LogP contribution in [0.25, 0.3) is 10.9 Å². The maximum Gasteiger partial charge on any atom is 0.345 e. The summed E-state index contributed by atoms with van der Waals surface area (Å²) in [4.78, 5) is 18.4. The lowest BCUT2D eigenvalue weighted by atomic mass is 9.99. The van der Waals surface area contributed by atoms with E-state index in [0.29, 0.717) is 16.5 Å². The molecule has 1 aromatic carbocycles. The fourth-order valence-electron chi connectivity index (χ4n) is 2.69. The van der Waals surface area contributed by atoms with Crippen molar-refractivity contribution in [2.45, 2.75) is 31.6 Å². The maximum absolute atomic E-state index is 11.6. The number of aromatic amines is 1. The number of hydrogen-bond acceptors (Lipinski definition) is 2. The van der Waals surface area contributed by atoms with E-state index in [9.17, 15) is 4.79 Å². The van der Waals surface area contributed by atoms with Gasteiger partial charge in [-0.1, -0.05) is 36.6 Å². The third-order valence-electron chi connectivity index (χ3n) is 3.50. The Kier molecular flexibility index (Phi) is 2.63. The third kappa shape index (κ3) is 1.84. The fourth-order valence-corrected chi connectivity index (χ4v) is 2.91.